The van der Waals surface area contributed by atoms with E-state index in [0.717, 1.165) is 0 Å². The van der Waals surface area contributed by atoms with Crippen molar-refractivity contribution >= 4 is 73.6 Å². The average Bonchev–Trinajstić information content (AvgIpc) is 2.06. The molecule has 1 aliphatic heterocycles. The molecule has 0 aliphatic carbocycles. The van der Waals surface area contributed by atoms with Crippen molar-refractivity contribution in [3.63, 3.8) is 0 Å². The highest BCUT2D eigenvalue weighted by Gasteiger charge is 2.33. The first-order valence-corrected chi connectivity index (χ1v) is 6.90. The predicted molar refractivity (Wildman–Crippen MR) is 58.7 cm³/mol. The maximum absolute atomic E-state index is 11.2. The van der Waals surface area contributed by atoms with E-state index in [-0.39, 0.29) is 7.63 Å². The summed E-state index contributed by atoms with van der Waals surface area (Å²) in [6.45, 7) is 0. The van der Waals surface area contributed by atoms with Gasteiger partial charge in [0.05, 0.1) is 8.96 Å². The van der Waals surface area contributed by atoms with E-state index in [4.69, 9.17) is 0 Å². The van der Waals surface area contributed by atoms with E-state index in [2.05, 4.69) is 63.7 Å². The van der Waals surface area contributed by atoms with Crippen LogP contribution in [0.5, 0.6) is 0 Å². The van der Waals surface area contributed by atoms with Crippen LogP contribution in [0.2, 0.25) is 0 Å². The van der Waals surface area contributed by atoms with Crippen LogP contribution >= 0.6 is 63.7 Å². The van der Waals surface area contributed by atoms with Gasteiger partial charge in [0.1, 0.15) is 7.63 Å². The molecular formula is C4Br4O2S. The van der Waals surface area contributed by atoms with Gasteiger partial charge >= 0.3 is 0 Å². The minimum Gasteiger partial charge on any atom is -0.217 e. The van der Waals surface area contributed by atoms with E-state index in [9.17, 15) is 8.42 Å². The Morgan fingerprint density at radius 2 is 1.09 bits per heavy atom. The van der Waals surface area contributed by atoms with Gasteiger partial charge in [-0.1, -0.05) is 0 Å². The maximum Gasteiger partial charge on any atom is 0.222 e. The molecule has 1 heterocycles. The third-order valence-corrected chi connectivity index (χ3v) is 9.42. The van der Waals surface area contributed by atoms with Crippen molar-refractivity contribution in [2.45, 2.75) is 0 Å². The van der Waals surface area contributed by atoms with Gasteiger partial charge in [-0.05, 0) is 63.7 Å². The van der Waals surface area contributed by atoms with E-state index in [1.807, 2.05) is 0 Å². The van der Waals surface area contributed by atoms with Crippen molar-refractivity contribution in [2.24, 2.45) is 0 Å². The molecule has 0 radical (unpaired) electrons. The first-order chi connectivity index (χ1) is 4.89. The monoisotopic (exact) mass is 428 g/mol. The topological polar surface area (TPSA) is 34.1 Å². The van der Waals surface area contributed by atoms with Gasteiger partial charge in [0.15, 0.2) is 0 Å². The summed E-state index contributed by atoms with van der Waals surface area (Å²) in [5.74, 6) is 0. The summed E-state index contributed by atoms with van der Waals surface area (Å²) in [4.78, 5) is 0. The van der Waals surface area contributed by atoms with Gasteiger partial charge in [-0.3, -0.25) is 0 Å². The van der Waals surface area contributed by atoms with Gasteiger partial charge in [0, 0.05) is 0 Å². The number of rotatable bonds is 0. The van der Waals surface area contributed by atoms with Crippen molar-refractivity contribution in [2.75, 3.05) is 0 Å². The van der Waals surface area contributed by atoms with E-state index in [0.29, 0.717) is 8.96 Å². The zero-order valence-corrected chi connectivity index (χ0v) is 11.9. The second-order valence-electron chi connectivity index (χ2n) is 1.68. The highest BCUT2D eigenvalue weighted by molar-refractivity contribution is 9.19. The van der Waals surface area contributed by atoms with Gasteiger partial charge in [-0.25, -0.2) is 8.42 Å². The van der Waals surface area contributed by atoms with E-state index < -0.39 is 9.84 Å². The second-order valence-corrected chi connectivity index (χ2v) is 7.72. The van der Waals surface area contributed by atoms with E-state index in [1.54, 1.807) is 0 Å². The van der Waals surface area contributed by atoms with E-state index in [1.165, 1.54) is 0 Å². The van der Waals surface area contributed by atoms with Crippen LogP contribution in [0, 0.1) is 0 Å². The molecule has 0 N–H and O–H groups in total. The fraction of sp³-hybridized carbons (Fsp3) is 0. The van der Waals surface area contributed by atoms with Crippen LogP contribution in [0.1, 0.15) is 0 Å². The maximum atomic E-state index is 11.2. The highest BCUT2D eigenvalue weighted by Crippen LogP contribution is 2.46. The molecular weight excluding hydrogens is 432 g/mol. The van der Waals surface area contributed by atoms with Crippen molar-refractivity contribution in [3.05, 3.63) is 16.6 Å². The lowest BCUT2D eigenvalue weighted by Gasteiger charge is -1.91. The molecule has 1 rings (SSSR count). The molecule has 2 nitrogen and oxygen atoms in total. The molecule has 0 aromatic rings. The molecule has 11 heavy (non-hydrogen) atoms. The Balaban J connectivity index is 3.52. The van der Waals surface area contributed by atoms with Crippen LogP contribution in [0.3, 0.4) is 0 Å². The first kappa shape index (κ1) is 10.4. The summed E-state index contributed by atoms with van der Waals surface area (Å²) in [6.07, 6.45) is 0. The molecule has 0 fully saturated rings. The molecule has 1 aliphatic rings. The van der Waals surface area contributed by atoms with Gasteiger partial charge in [0.2, 0.25) is 9.84 Å². The third-order valence-electron chi connectivity index (χ3n) is 1.01. The predicted octanol–water partition coefficient (Wildman–Crippen LogP) is 3.33. The van der Waals surface area contributed by atoms with Crippen molar-refractivity contribution in [3.8, 4) is 0 Å². The Kier molecular flexibility index (Phi) is 3.08. The van der Waals surface area contributed by atoms with E-state index >= 15 is 0 Å². The number of allylic oxidation sites excluding steroid dienone is 2. The largest absolute Gasteiger partial charge is 0.222 e. The van der Waals surface area contributed by atoms with Gasteiger partial charge in [0.25, 0.3) is 0 Å². The first-order valence-electron chi connectivity index (χ1n) is 2.25. The van der Waals surface area contributed by atoms with Crippen molar-refractivity contribution in [1.29, 1.82) is 0 Å². The molecule has 0 saturated heterocycles. The third kappa shape index (κ3) is 1.54. The lowest BCUT2D eigenvalue weighted by molar-refractivity contribution is 0.612. The quantitative estimate of drug-likeness (QED) is 0.589. The fourth-order valence-electron chi connectivity index (χ4n) is 0.487. The van der Waals surface area contributed by atoms with Gasteiger partial charge < -0.3 is 0 Å². The summed E-state index contributed by atoms with van der Waals surface area (Å²) in [6, 6.07) is 0. The summed E-state index contributed by atoms with van der Waals surface area (Å²) < 4.78 is 23.8. The van der Waals surface area contributed by atoms with Crippen LogP contribution in [-0.4, -0.2) is 8.42 Å². The molecule has 0 aromatic carbocycles. The number of sulfone groups is 1. The molecule has 0 bridgehead atoms. The summed E-state index contributed by atoms with van der Waals surface area (Å²) in [5.41, 5.74) is 0. The minimum absolute atomic E-state index is 0.142. The zero-order valence-electron chi connectivity index (χ0n) is 4.74. The van der Waals surface area contributed by atoms with Gasteiger partial charge in [-0.15, -0.1) is 0 Å². The second kappa shape index (κ2) is 3.25. The molecule has 0 aromatic heterocycles. The normalized spacial score (nSPS) is 23.3. The van der Waals surface area contributed by atoms with Crippen LogP contribution in [0.15, 0.2) is 16.6 Å². The molecule has 62 valence electrons. The smallest absolute Gasteiger partial charge is 0.217 e. The fourth-order valence-corrected chi connectivity index (χ4v) is 5.81. The highest BCUT2D eigenvalue weighted by atomic mass is 79.9. The Hall–Kier alpha value is 1.35. The minimum atomic E-state index is -3.30. The van der Waals surface area contributed by atoms with Crippen LogP contribution in [0.25, 0.3) is 0 Å². The number of hydrogen-bond acceptors (Lipinski definition) is 2. The number of halogens is 4. The SMILES string of the molecule is O=S1(=O)C(Br)=C(Br)C(Br)=C1Br. The Labute approximate surface area is 97.5 Å². The van der Waals surface area contributed by atoms with Crippen LogP contribution < -0.4 is 0 Å². The zero-order chi connectivity index (χ0) is 8.81. The molecule has 0 unspecified atom stereocenters. The summed E-state index contributed by atoms with van der Waals surface area (Å²) in [7, 11) is -3.30. The molecule has 0 atom stereocenters. The number of hydrogen-bond donors (Lipinski definition) is 0. The summed E-state index contributed by atoms with van der Waals surface area (Å²) in [5, 5.41) is 0. The van der Waals surface area contributed by atoms with Crippen LogP contribution in [0.4, 0.5) is 0 Å². The molecule has 0 spiro atoms. The lowest BCUT2D eigenvalue weighted by Crippen LogP contribution is -1.93. The van der Waals surface area contributed by atoms with Crippen molar-refractivity contribution < 1.29 is 8.42 Å². The molecule has 7 heteroatoms. The van der Waals surface area contributed by atoms with Crippen molar-refractivity contribution in [1.82, 2.24) is 0 Å². The molecule has 0 saturated carbocycles. The Morgan fingerprint density at radius 1 is 0.818 bits per heavy atom. The average molecular weight is 432 g/mol. The Morgan fingerprint density at radius 3 is 1.18 bits per heavy atom. The Bertz CT molecular complexity index is 334. The standard InChI is InChI=1S/C4Br4O2S/c5-1-2(6)4(8)11(9,10)3(1)7. The summed E-state index contributed by atoms with van der Waals surface area (Å²) >= 11 is 12.1. The van der Waals surface area contributed by atoms with Crippen LogP contribution in [-0.2, 0) is 9.84 Å². The lowest BCUT2D eigenvalue weighted by atomic mass is 10.6. The van der Waals surface area contributed by atoms with Gasteiger partial charge in [-0.2, -0.15) is 0 Å². The molecule has 0 amide bonds.